The van der Waals surface area contributed by atoms with Gasteiger partial charge >= 0.3 is 0 Å². The first-order valence-electron chi connectivity index (χ1n) is 6.54. The summed E-state index contributed by atoms with van der Waals surface area (Å²) in [6.45, 7) is 2.28. The molecule has 1 N–H and O–H groups in total. The van der Waals surface area contributed by atoms with E-state index in [4.69, 9.17) is 27.9 Å². The first-order valence-corrected chi connectivity index (χ1v) is 7.30. The molecule has 0 aliphatic rings. The van der Waals surface area contributed by atoms with Gasteiger partial charge in [0.15, 0.2) is 0 Å². The molecular weight excluding hydrogens is 312 g/mol. The zero-order chi connectivity index (χ0) is 15.4. The van der Waals surface area contributed by atoms with Crippen molar-refractivity contribution in [2.75, 3.05) is 7.05 Å². The van der Waals surface area contributed by atoms with Crippen molar-refractivity contribution in [3.05, 3.63) is 63.4 Å². The van der Waals surface area contributed by atoms with Crippen molar-refractivity contribution in [1.82, 2.24) is 5.32 Å². The van der Waals surface area contributed by atoms with E-state index in [1.807, 2.05) is 26.1 Å². The summed E-state index contributed by atoms with van der Waals surface area (Å²) in [7, 11) is 1.87. The van der Waals surface area contributed by atoms with E-state index in [9.17, 15) is 4.39 Å². The minimum atomic E-state index is -0.447. The minimum absolute atomic E-state index is 0.0978. The number of nitrogens with one attached hydrogen (secondary N) is 1. The molecule has 1 unspecified atom stereocenters. The quantitative estimate of drug-likeness (QED) is 0.835. The lowest BCUT2D eigenvalue weighted by Gasteiger charge is -2.17. The van der Waals surface area contributed by atoms with Crippen LogP contribution in [0.5, 0.6) is 5.75 Å². The fourth-order valence-electron chi connectivity index (χ4n) is 1.94. The lowest BCUT2D eigenvalue weighted by molar-refractivity contribution is 0.299. The second-order valence-corrected chi connectivity index (χ2v) is 5.57. The Bertz CT molecular complexity index is 634. The van der Waals surface area contributed by atoms with Crippen molar-refractivity contribution < 1.29 is 9.13 Å². The van der Waals surface area contributed by atoms with Crippen LogP contribution < -0.4 is 10.1 Å². The van der Waals surface area contributed by atoms with Crippen molar-refractivity contribution in [1.29, 1.82) is 0 Å². The summed E-state index contributed by atoms with van der Waals surface area (Å²) in [6.07, 6.45) is 0. The van der Waals surface area contributed by atoms with Crippen molar-refractivity contribution >= 4 is 23.2 Å². The minimum Gasteiger partial charge on any atom is -0.489 e. The third-order valence-electron chi connectivity index (χ3n) is 3.25. The Labute approximate surface area is 133 Å². The maximum Gasteiger partial charge on any atom is 0.142 e. The Morgan fingerprint density at radius 3 is 2.62 bits per heavy atom. The van der Waals surface area contributed by atoms with Gasteiger partial charge < -0.3 is 10.1 Å². The molecule has 2 aromatic carbocycles. The largest absolute Gasteiger partial charge is 0.489 e. The molecule has 2 rings (SSSR count). The van der Waals surface area contributed by atoms with E-state index in [2.05, 4.69) is 5.32 Å². The molecule has 0 fully saturated rings. The number of hydrogen-bond acceptors (Lipinski definition) is 2. The van der Waals surface area contributed by atoms with Gasteiger partial charge in [-0.2, -0.15) is 0 Å². The van der Waals surface area contributed by atoms with Gasteiger partial charge in [0.2, 0.25) is 0 Å². The van der Waals surface area contributed by atoms with Gasteiger partial charge in [0.05, 0.1) is 5.02 Å². The Morgan fingerprint density at radius 1 is 1.19 bits per heavy atom. The number of rotatable bonds is 5. The summed E-state index contributed by atoms with van der Waals surface area (Å²) in [4.78, 5) is 0. The Morgan fingerprint density at radius 2 is 1.95 bits per heavy atom. The molecule has 0 saturated heterocycles. The fraction of sp³-hybridized carbons (Fsp3) is 0.250. The summed E-state index contributed by atoms with van der Waals surface area (Å²) >= 11 is 11.7. The molecule has 2 nitrogen and oxygen atoms in total. The molecule has 0 aliphatic carbocycles. The predicted molar refractivity (Wildman–Crippen MR) is 84.7 cm³/mol. The van der Waals surface area contributed by atoms with Crippen LogP contribution in [0.1, 0.15) is 24.1 Å². The van der Waals surface area contributed by atoms with E-state index in [0.29, 0.717) is 5.02 Å². The van der Waals surface area contributed by atoms with Crippen LogP contribution in [0, 0.1) is 5.82 Å². The molecule has 2 aromatic rings. The monoisotopic (exact) mass is 327 g/mol. The highest BCUT2D eigenvalue weighted by molar-refractivity contribution is 6.31. The highest BCUT2D eigenvalue weighted by Crippen LogP contribution is 2.29. The van der Waals surface area contributed by atoms with E-state index in [-0.39, 0.29) is 17.7 Å². The van der Waals surface area contributed by atoms with Gasteiger partial charge in [-0.15, -0.1) is 0 Å². The standard InChI is InChI=1S/C16H16Cl2FNO/c1-10(20-2)13-8-12(17)4-6-16(13)21-9-11-3-5-14(18)15(19)7-11/h3-8,10,20H,9H2,1-2H3. The Hall–Kier alpha value is -1.29. The molecule has 5 heteroatoms. The second-order valence-electron chi connectivity index (χ2n) is 4.73. The number of halogens is 3. The van der Waals surface area contributed by atoms with E-state index in [1.165, 1.54) is 12.1 Å². The van der Waals surface area contributed by atoms with E-state index in [0.717, 1.165) is 16.9 Å². The van der Waals surface area contributed by atoms with Crippen LogP contribution in [0.3, 0.4) is 0 Å². The van der Waals surface area contributed by atoms with Crippen molar-refractivity contribution in [2.45, 2.75) is 19.6 Å². The molecule has 0 aliphatic heterocycles. The first-order chi connectivity index (χ1) is 10.0. The van der Waals surface area contributed by atoms with Crippen molar-refractivity contribution in [3.8, 4) is 5.75 Å². The zero-order valence-electron chi connectivity index (χ0n) is 11.8. The van der Waals surface area contributed by atoms with Gasteiger partial charge in [-0.05, 0) is 49.9 Å². The SMILES string of the molecule is CNC(C)c1cc(Cl)ccc1OCc1ccc(Cl)c(F)c1. The molecule has 0 spiro atoms. The van der Waals surface area contributed by atoms with Crippen molar-refractivity contribution in [2.24, 2.45) is 0 Å². The third kappa shape index (κ3) is 4.10. The lowest BCUT2D eigenvalue weighted by atomic mass is 10.1. The van der Waals surface area contributed by atoms with E-state index in [1.54, 1.807) is 12.1 Å². The number of benzene rings is 2. The summed E-state index contributed by atoms with van der Waals surface area (Å²) in [5.41, 5.74) is 1.68. The van der Waals surface area contributed by atoms with Gasteiger partial charge in [0.1, 0.15) is 18.2 Å². The molecule has 0 saturated carbocycles. The fourth-order valence-corrected chi connectivity index (χ4v) is 2.23. The van der Waals surface area contributed by atoms with E-state index >= 15 is 0 Å². The smallest absolute Gasteiger partial charge is 0.142 e. The van der Waals surface area contributed by atoms with Crippen LogP contribution in [0.2, 0.25) is 10.0 Å². The Kier molecular flexibility index (Phi) is 5.45. The van der Waals surface area contributed by atoms with Crippen LogP contribution in [0.15, 0.2) is 36.4 Å². The first kappa shape index (κ1) is 16.1. The molecule has 0 heterocycles. The molecule has 1 atom stereocenters. The molecular formula is C16H16Cl2FNO. The molecule has 21 heavy (non-hydrogen) atoms. The molecule has 0 radical (unpaired) electrons. The predicted octanol–water partition coefficient (Wildman–Crippen LogP) is 4.99. The maximum absolute atomic E-state index is 13.4. The highest BCUT2D eigenvalue weighted by atomic mass is 35.5. The zero-order valence-corrected chi connectivity index (χ0v) is 13.3. The van der Waals surface area contributed by atoms with Gasteiger partial charge in [0, 0.05) is 16.6 Å². The summed E-state index contributed by atoms with van der Waals surface area (Å²) < 4.78 is 19.2. The lowest BCUT2D eigenvalue weighted by Crippen LogP contribution is -2.13. The van der Waals surface area contributed by atoms with Crippen LogP contribution in [-0.2, 0) is 6.61 Å². The summed E-state index contributed by atoms with van der Waals surface area (Å²) in [6, 6.07) is 10.2. The molecule has 0 bridgehead atoms. The summed E-state index contributed by atoms with van der Waals surface area (Å²) in [5, 5.41) is 3.90. The normalized spacial score (nSPS) is 12.2. The number of hydrogen-bond donors (Lipinski definition) is 1. The second kappa shape index (κ2) is 7.12. The van der Waals surface area contributed by atoms with Crippen molar-refractivity contribution in [3.63, 3.8) is 0 Å². The van der Waals surface area contributed by atoms with Gasteiger partial charge in [0.25, 0.3) is 0 Å². The molecule has 0 aromatic heterocycles. The molecule has 0 amide bonds. The van der Waals surface area contributed by atoms with Gasteiger partial charge in [-0.25, -0.2) is 4.39 Å². The van der Waals surface area contributed by atoms with Crippen LogP contribution in [0.25, 0.3) is 0 Å². The van der Waals surface area contributed by atoms with E-state index < -0.39 is 5.82 Å². The van der Waals surface area contributed by atoms with Crippen LogP contribution in [0.4, 0.5) is 4.39 Å². The maximum atomic E-state index is 13.4. The summed E-state index contributed by atoms with van der Waals surface area (Å²) in [5.74, 6) is 0.272. The average Bonchev–Trinajstić information content (AvgIpc) is 2.48. The average molecular weight is 328 g/mol. The van der Waals surface area contributed by atoms with Crippen LogP contribution >= 0.6 is 23.2 Å². The van der Waals surface area contributed by atoms with Crippen LogP contribution in [-0.4, -0.2) is 7.05 Å². The van der Waals surface area contributed by atoms with Gasteiger partial charge in [-0.1, -0.05) is 29.3 Å². The highest BCUT2D eigenvalue weighted by Gasteiger charge is 2.11. The van der Waals surface area contributed by atoms with Gasteiger partial charge in [-0.3, -0.25) is 0 Å². The third-order valence-corrected chi connectivity index (χ3v) is 3.79. The molecule has 112 valence electrons. The number of ether oxygens (including phenoxy) is 1. The topological polar surface area (TPSA) is 21.3 Å². The Balaban J connectivity index is 2.17.